The fourth-order valence-corrected chi connectivity index (χ4v) is 2.29. The van der Waals surface area contributed by atoms with Gasteiger partial charge in [-0.25, -0.2) is 4.79 Å². The molecule has 146 valence electrons. The van der Waals surface area contributed by atoms with E-state index >= 15 is 0 Å². The lowest BCUT2D eigenvalue weighted by Gasteiger charge is -2.12. The molecule has 1 aromatic heterocycles. The van der Waals surface area contributed by atoms with Crippen molar-refractivity contribution in [2.24, 2.45) is 4.99 Å². The lowest BCUT2D eigenvalue weighted by Crippen LogP contribution is -2.44. The van der Waals surface area contributed by atoms with Gasteiger partial charge in [0, 0.05) is 12.1 Å². The quantitative estimate of drug-likeness (QED) is 0.401. The number of hydrogen-bond donors (Lipinski definition) is 1. The number of halogens is 3. The molecule has 0 radical (unpaired) electrons. The number of aromatic amines is 1. The molecule has 0 bridgehead atoms. The Labute approximate surface area is 155 Å². The Morgan fingerprint density at radius 1 is 1.18 bits per heavy atom. The van der Waals surface area contributed by atoms with Gasteiger partial charge in [0.15, 0.2) is 5.75 Å². The molecule has 1 heterocycles. The number of nitrogens with one attached hydrogen (secondary N) is 1. The zero-order chi connectivity index (χ0) is 20.3. The van der Waals surface area contributed by atoms with E-state index in [9.17, 15) is 23.1 Å². The summed E-state index contributed by atoms with van der Waals surface area (Å²) in [4.78, 5) is 15.5. The van der Waals surface area contributed by atoms with Crippen molar-refractivity contribution in [3.8, 4) is 17.2 Å². The van der Waals surface area contributed by atoms with Crippen molar-refractivity contribution < 1.29 is 37.0 Å². The van der Waals surface area contributed by atoms with Crippen LogP contribution in [0.3, 0.4) is 0 Å². The normalized spacial score (nSPS) is 12.1. The SMILES string of the molecule is COc1ccc(-[n+]2[nH]oc(=O)c2C([O-])=Nc2ccccc2OC(F)(F)F)cc1. The Morgan fingerprint density at radius 3 is 2.50 bits per heavy atom. The van der Waals surface area contributed by atoms with Crippen LogP contribution in [-0.2, 0) is 0 Å². The van der Waals surface area contributed by atoms with Crippen LogP contribution in [0.1, 0.15) is 5.69 Å². The van der Waals surface area contributed by atoms with Gasteiger partial charge in [0.2, 0.25) is 5.69 Å². The van der Waals surface area contributed by atoms with Crippen molar-refractivity contribution in [3.05, 3.63) is 64.6 Å². The highest BCUT2D eigenvalue weighted by Crippen LogP contribution is 2.32. The summed E-state index contributed by atoms with van der Waals surface area (Å²) in [5.74, 6) is -1.27. The average Bonchev–Trinajstić information content (AvgIpc) is 3.04. The summed E-state index contributed by atoms with van der Waals surface area (Å²) < 4.78 is 52.1. The van der Waals surface area contributed by atoms with E-state index in [0.29, 0.717) is 11.4 Å². The molecule has 0 saturated carbocycles. The van der Waals surface area contributed by atoms with Gasteiger partial charge >= 0.3 is 17.7 Å². The number of alkyl halides is 3. The number of H-pyrrole nitrogens is 1. The van der Waals surface area contributed by atoms with Crippen molar-refractivity contribution in [3.63, 3.8) is 0 Å². The van der Waals surface area contributed by atoms with Gasteiger partial charge in [-0.1, -0.05) is 12.1 Å². The average molecular weight is 395 g/mol. The first-order valence-corrected chi connectivity index (χ1v) is 7.67. The maximum Gasteiger partial charge on any atom is 0.573 e. The molecule has 0 fully saturated rings. The number of rotatable bonds is 5. The fraction of sp³-hybridized carbons (Fsp3) is 0.118. The molecule has 1 N–H and O–H groups in total. The molecule has 11 heteroatoms. The van der Waals surface area contributed by atoms with Crippen LogP contribution in [0, 0.1) is 0 Å². The van der Waals surface area contributed by atoms with Crippen LogP contribution < -0.4 is 24.9 Å². The van der Waals surface area contributed by atoms with Crippen LogP contribution in [-0.4, -0.2) is 24.6 Å². The third-order valence-corrected chi connectivity index (χ3v) is 3.49. The van der Waals surface area contributed by atoms with Crippen molar-refractivity contribution in [1.29, 1.82) is 0 Å². The Bertz CT molecular complexity index is 1050. The largest absolute Gasteiger partial charge is 0.854 e. The molecule has 8 nitrogen and oxygen atoms in total. The minimum Gasteiger partial charge on any atom is -0.854 e. The molecule has 0 aliphatic rings. The van der Waals surface area contributed by atoms with Crippen LogP contribution in [0.2, 0.25) is 0 Å². The molecule has 0 saturated heterocycles. The standard InChI is InChI=1S/C17H12F3N3O5/c1-26-11-8-6-10(7-9-11)23-14(16(25)28-22-23)15(24)21-12-4-2-3-5-13(12)27-17(18,19)20/h2-9H,1H3,(H-,21,22,24,25). The number of aliphatic imine (C=N–C) groups is 1. The number of methoxy groups -OCH3 is 1. The van der Waals surface area contributed by atoms with Crippen LogP contribution in [0.25, 0.3) is 5.69 Å². The fourth-order valence-electron chi connectivity index (χ4n) is 2.29. The molecule has 0 amide bonds. The highest BCUT2D eigenvalue weighted by atomic mass is 19.4. The smallest absolute Gasteiger partial charge is 0.573 e. The van der Waals surface area contributed by atoms with E-state index in [4.69, 9.17) is 4.74 Å². The van der Waals surface area contributed by atoms with Crippen LogP contribution >= 0.6 is 0 Å². The van der Waals surface area contributed by atoms with Gasteiger partial charge in [-0.3, -0.25) is 9.52 Å². The highest BCUT2D eigenvalue weighted by molar-refractivity contribution is 5.89. The summed E-state index contributed by atoms with van der Waals surface area (Å²) in [6.07, 6.45) is -4.97. The number of ether oxygens (including phenoxy) is 2. The molecule has 0 unspecified atom stereocenters. The van der Waals surface area contributed by atoms with Gasteiger partial charge in [0.25, 0.3) is 0 Å². The van der Waals surface area contributed by atoms with E-state index in [1.165, 1.54) is 31.4 Å². The first-order valence-electron chi connectivity index (χ1n) is 7.67. The van der Waals surface area contributed by atoms with Crippen LogP contribution in [0.15, 0.2) is 62.8 Å². The second kappa shape index (κ2) is 7.47. The monoisotopic (exact) mass is 395 g/mol. The molecule has 0 atom stereocenters. The van der Waals surface area contributed by atoms with Crippen molar-refractivity contribution >= 4 is 11.6 Å². The van der Waals surface area contributed by atoms with Gasteiger partial charge in [0.1, 0.15) is 11.4 Å². The lowest BCUT2D eigenvalue weighted by molar-refractivity contribution is -0.673. The second-order valence-corrected chi connectivity index (χ2v) is 5.30. The molecule has 3 aromatic rings. The van der Waals surface area contributed by atoms with Crippen LogP contribution in [0.5, 0.6) is 11.5 Å². The molecular formula is C17H12F3N3O5. The molecule has 0 aliphatic carbocycles. The molecule has 0 aliphatic heterocycles. The number of hydrogen-bond acceptors (Lipinski definition) is 6. The van der Waals surface area contributed by atoms with Crippen LogP contribution in [0.4, 0.5) is 18.9 Å². The number of para-hydroxylation sites is 2. The maximum absolute atomic E-state index is 12.5. The minimum atomic E-state index is -4.97. The summed E-state index contributed by atoms with van der Waals surface area (Å²) >= 11 is 0. The zero-order valence-electron chi connectivity index (χ0n) is 14.2. The minimum absolute atomic E-state index is 0.338. The lowest BCUT2D eigenvalue weighted by atomic mass is 10.3. The van der Waals surface area contributed by atoms with E-state index in [1.807, 2.05) is 0 Å². The Morgan fingerprint density at radius 2 is 1.86 bits per heavy atom. The van der Waals surface area contributed by atoms with E-state index in [1.54, 1.807) is 12.1 Å². The molecule has 3 rings (SSSR count). The third kappa shape index (κ3) is 4.14. The third-order valence-electron chi connectivity index (χ3n) is 3.49. The van der Waals surface area contributed by atoms with Gasteiger partial charge in [0.05, 0.1) is 13.0 Å². The predicted molar refractivity (Wildman–Crippen MR) is 86.7 cm³/mol. The van der Waals surface area contributed by atoms with Crippen molar-refractivity contribution in [2.45, 2.75) is 6.36 Å². The number of nitrogens with zero attached hydrogens (tertiary/aromatic N) is 2. The Hall–Kier alpha value is -3.76. The maximum atomic E-state index is 12.5. The summed E-state index contributed by atoms with van der Waals surface area (Å²) in [6.45, 7) is 0. The topological polar surface area (TPSA) is 104 Å². The highest BCUT2D eigenvalue weighted by Gasteiger charge is 2.32. The molecule has 2 aromatic carbocycles. The number of benzene rings is 2. The zero-order valence-corrected chi connectivity index (χ0v) is 14.2. The first kappa shape index (κ1) is 19.0. The van der Waals surface area contributed by atoms with Gasteiger partial charge in [-0.05, 0) is 34.2 Å². The van der Waals surface area contributed by atoms with Gasteiger partial charge in [-0.15, -0.1) is 13.2 Å². The van der Waals surface area contributed by atoms with Gasteiger partial charge < -0.3 is 14.6 Å². The van der Waals surface area contributed by atoms with E-state index in [2.05, 4.69) is 19.5 Å². The Balaban J connectivity index is 2.03. The van der Waals surface area contributed by atoms with E-state index in [-0.39, 0.29) is 0 Å². The van der Waals surface area contributed by atoms with E-state index in [0.717, 1.165) is 16.8 Å². The molecule has 28 heavy (non-hydrogen) atoms. The summed E-state index contributed by atoms with van der Waals surface area (Å²) in [7, 11) is 1.47. The van der Waals surface area contributed by atoms with Gasteiger partial charge in [-0.2, -0.15) is 0 Å². The second-order valence-electron chi connectivity index (χ2n) is 5.30. The van der Waals surface area contributed by atoms with Crippen molar-refractivity contribution in [2.75, 3.05) is 7.11 Å². The Kier molecular flexibility index (Phi) is 5.07. The summed E-state index contributed by atoms with van der Waals surface area (Å²) in [5, 5.41) is 14.7. The first-order chi connectivity index (χ1) is 13.3. The van der Waals surface area contributed by atoms with E-state index < -0.39 is 35.0 Å². The van der Waals surface area contributed by atoms with Crippen molar-refractivity contribution in [1.82, 2.24) is 5.27 Å². The summed E-state index contributed by atoms with van der Waals surface area (Å²) in [5.41, 5.74) is -1.64. The summed E-state index contributed by atoms with van der Waals surface area (Å²) in [6, 6.07) is 11.0. The number of aromatic nitrogens is 2. The predicted octanol–water partition coefficient (Wildman–Crippen LogP) is 1.59. The molecule has 0 spiro atoms. The molecular weight excluding hydrogens is 383 g/mol.